The van der Waals surface area contributed by atoms with Crippen molar-refractivity contribution in [1.82, 2.24) is 0 Å². The van der Waals surface area contributed by atoms with Gasteiger partial charge in [0.15, 0.2) is 5.75 Å². The summed E-state index contributed by atoms with van der Waals surface area (Å²) in [6.07, 6.45) is -1.95. The van der Waals surface area contributed by atoms with Gasteiger partial charge >= 0.3 is 0 Å². The first-order valence-corrected chi connectivity index (χ1v) is 10.3. The number of benzene rings is 2. The van der Waals surface area contributed by atoms with Crippen LogP contribution in [-0.2, 0) is 5.41 Å². The third-order valence-corrected chi connectivity index (χ3v) is 5.43. The molecule has 4 nitrogen and oxygen atoms in total. The summed E-state index contributed by atoms with van der Waals surface area (Å²) in [6, 6.07) is 10.8. The molecule has 2 aromatic carbocycles. The lowest BCUT2D eigenvalue weighted by Gasteiger charge is -2.27. The smallest absolute Gasteiger partial charge is 0.156 e. The van der Waals surface area contributed by atoms with Crippen LogP contribution in [0.4, 0.5) is 4.39 Å². The summed E-state index contributed by atoms with van der Waals surface area (Å²) in [6.45, 7) is 3.08. The Labute approximate surface area is 185 Å². The van der Waals surface area contributed by atoms with E-state index in [0.29, 0.717) is 21.5 Å². The second kappa shape index (κ2) is 10.7. The van der Waals surface area contributed by atoms with E-state index in [1.807, 2.05) is 26.0 Å². The normalized spacial score (nSPS) is 13.8. The first kappa shape index (κ1) is 24.0. The lowest BCUT2D eigenvalue weighted by Crippen LogP contribution is -2.21. The molecule has 0 aliphatic rings. The number of aliphatic hydroxyl groups is 2. The fraction of sp³-hybridized carbons (Fsp3) is 0.429. The van der Waals surface area contributed by atoms with E-state index in [0.717, 1.165) is 11.1 Å². The van der Waals surface area contributed by atoms with E-state index in [9.17, 15) is 14.6 Å². The van der Waals surface area contributed by atoms with Gasteiger partial charge in [0, 0.05) is 5.41 Å². The molecule has 2 rings (SSSR count). The van der Waals surface area contributed by atoms with E-state index in [4.69, 9.17) is 44.3 Å². The Morgan fingerprint density at radius 3 is 2.00 bits per heavy atom. The highest BCUT2D eigenvalue weighted by atomic mass is 35.5. The minimum Gasteiger partial charge on any atom is -0.491 e. The minimum atomic E-state index is -1.14. The molecule has 0 bridgehead atoms. The summed E-state index contributed by atoms with van der Waals surface area (Å²) >= 11 is 18.3. The van der Waals surface area contributed by atoms with Crippen molar-refractivity contribution in [1.29, 1.82) is 0 Å². The van der Waals surface area contributed by atoms with E-state index in [-0.39, 0.29) is 19.1 Å². The van der Waals surface area contributed by atoms with Gasteiger partial charge in [-0.2, -0.15) is 0 Å². The molecule has 29 heavy (non-hydrogen) atoms. The van der Waals surface area contributed by atoms with Gasteiger partial charge in [0.05, 0.1) is 15.9 Å². The molecule has 0 aliphatic carbocycles. The molecule has 0 aromatic heterocycles. The SMILES string of the molecule is CC(C)(c1ccc(OC[C@H](O)CF)cc1)c1cc(Cl)c(OCC(O)CCl)c(Cl)c1. The molecule has 0 amide bonds. The van der Waals surface area contributed by atoms with Gasteiger partial charge in [-0.25, -0.2) is 4.39 Å². The molecule has 8 heteroatoms. The molecular weight excluding hydrogens is 442 g/mol. The highest BCUT2D eigenvalue weighted by Gasteiger charge is 2.26. The highest BCUT2D eigenvalue weighted by Crippen LogP contribution is 2.40. The summed E-state index contributed by atoms with van der Waals surface area (Å²) in [5.74, 6) is 0.884. The molecule has 0 fully saturated rings. The van der Waals surface area contributed by atoms with Crippen LogP contribution in [0.15, 0.2) is 36.4 Å². The molecule has 0 aliphatic heterocycles. The van der Waals surface area contributed by atoms with Crippen molar-refractivity contribution in [3.8, 4) is 11.5 Å². The highest BCUT2D eigenvalue weighted by molar-refractivity contribution is 6.37. The third kappa shape index (κ3) is 6.37. The number of alkyl halides is 2. The van der Waals surface area contributed by atoms with Crippen molar-refractivity contribution in [2.75, 3.05) is 25.8 Å². The molecule has 0 spiro atoms. The Morgan fingerprint density at radius 2 is 1.48 bits per heavy atom. The average molecular weight is 466 g/mol. The van der Waals surface area contributed by atoms with Crippen molar-refractivity contribution >= 4 is 34.8 Å². The van der Waals surface area contributed by atoms with Crippen molar-refractivity contribution in [2.24, 2.45) is 0 Å². The van der Waals surface area contributed by atoms with Gasteiger partial charge in [0.25, 0.3) is 0 Å². The van der Waals surface area contributed by atoms with Crippen molar-refractivity contribution in [2.45, 2.75) is 31.5 Å². The summed E-state index contributed by atoms with van der Waals surface area (Å²) in [4.78, 5) is 0. The topological polar surface area (TPSA) is 58.9 Å². The molecule has 2 N–H and O–H groups in total. The average Bonchev–Trinajstić information content (AvgIpc) is 2.71. The van der Waals surface area contributed by atoms with Gasteiger partial charge in [0.2, 0.25) is 0 Å². The van der Waals surface area contributed by atoms with Crippen LogP contribution in [0.3, 0.4) is 0 Å². The molecular formula is C21H24Cl3FO4. The van der Waals surface area contributed by atoms with Gasteiger partial charge in [0.1, 0.15) is 37.8 Å². The van der Waals surface area contributed by atoms with Gasteiger partial charge in [-0.05, 0) is 35.4 Å². The zero-order valence-electron chi connectivity index (χ0n) is 16.2. The fourth-order valence-corrected chi connectivity index (χ4v) is 3.34. The molecule has 0 saturated carbocycles. The minimum absolute atomic E-state index is 0.00968. The Hall–Kier alpha value is -1.24. The van der Waals surface area contributed by atoms with E-state index >= 15 is 0 Å². The Kier molecular flexibility index (Phi) is 8.86. The number of aliphatic hydroxyl groups excluding tert-OH is 2. The molecule has 160 valence electrons. The maximum absolute atomic E-state index is 12.3. The molecule has 1 unspecified atom stereocenters. The zero-order valence-corrected chi connectivity index (χ0v) is 18.4. The fourth-order valence-electron chi connectivity index (χ4n) is 2.65. The Morgan fingerprint density at radius 1 is 0.931 bits per heavy atom. The van der Waals surface area contributed by atoms with Gasteiger partial charge in [-0.3, -0.25) is 0 Å². The number of ether oxygens (including phenoxy) is 2. The first-order valence-electron chi connectivity index (χ1n) is 9.02. The van der Waals surface area contributed by atoms with Crippen molar-refractivity contribution in [3.05, 3.63) is 57.6 Å². The second-order valence-corrected chi connectivity index (χ2v) is 8.28. The predicted octanol–water partition coefficient (Wildman–Crippen LogP) is 5.01. The number of hydrogen-bond acceptors (Lipinski definition) is 4. The number of rotatable bonds is 10. The van der Waals surface area contributed by atoms with Crippen LogP contribution in [0.1, 0.15) is 25.0 Å². The van der Waals surface area contributed by atoms with Gasteiger partial charge in [-0.15, -0.1) is 11.6 Å². The predicted molar refractivity (Wildman–Crippen MR) is 115 cm³/mol. The lowest BCUT2D eigenvalue weighted by atomic mass is 9.78. The van der Waals surface area contributed by atoms with Crippen LogP contribution in [0.25, 0.3) is 0 Å². The third-order valence-electron chi connectivity index (χ3n) is 4.51. The second-order valence-electron chi connectivity index (χ2n) is 7.16. The van der Waals surface area contributed by atoms with E-state index in [1.165, 1.54) is 0 Å². The maximum Gasteiger partial charge on any atom is 0.156 e. The largest absolute Gasteiger partial charge is 0.491 e. The van der Waals surface area contributed by atoms with E-state index < -0.39 is 24.3 Å². The molecule has 2 atom stereocenters. The monoisotopic (exact) mass is 464 g/mol. The molecule has 2 aromatic rings. The van der Waals surface area contributed by atoms with Gasteiger partial charge < -0.3 is 19.7 Å². The summed E-state index contributed by atoms with van der Waals surface area (Å²) in [5.41, 5.74) is 1.42. The molecule has 0 saturated heterocycles. The zero-order chi connectivity index (χ0) is 21.6. The summed E-state index contributed by atoms with van der Waals surface area (Å²) in [5, 5.41) is 19.5. The summed E-state index contributed by atoms with van der Waals surface area (Å²) < 4.78 is 23.2. The van der Waals surface area contributed by atoms with Crippen LogP contribution in [-0.4, -0.2) is 48.2 Å². The standard InChI is InChI=1S/C21H24Cl3FO4/c1-21(2,13-3-5-17(6-4-13)28-12-16(27)10-25)14-7-18(23)20(19(24)8-14)29-11-15(26)9-22/h3-8,15-16,26-27H,9-12H2,1-2H3/t15?,16-/m1/s1. The van der Waals surface area contributed by atoms with Crippen molar-refractivity contribution < 1.29 is 24.1 Å². The van der Waals surface area contributed by atoms with Crippen molar-refractivity contribution in [3.63, 3.8) is 0 Å². The van der Waals surface area contributed by atoms with E-state index in [1.54, 1.807) is 24.3 Å². The number of halogens is 4. The number of hydrogen-bond donors (Lipinski definition) is 2. The van der Waals surface area contributed by atoms with Crippen LogP contribution in [0.2, 0.25) is 10.0 Å². The Balaban J connectivity index is 2.19. The summed E-state index contributed by atoms with van der Waals surface area (Å²) in [7, 11) is 0. The maximum atomic E-state index is 12.3. The first-order chi connectivity index (χ1) is 13.7. The van der Waals surface area contributed by atoms with E-state index in [2.05, 4.69) is 0 Å². The molecule has 0 heterocycles. The van der Waals surface area contributed by atoms with Crippen LogP contribution >= 0.6 is 34.8 Å². The van der Waals surface area contributed by atoms with Crippen LogP contribution < -0.4 is 9.47 Å². The lowest BCUT2D eigenvalue weighted by molar-refractivity contribution is 0.0842. The van der Waals surface area contributed by atoms with Crippen LogP contribution in [0, 0.1) is 0 Å². The van der Waals surface area contributed by atoms with Crippen LogP contribution in [0.5, 0.6) is 11.5 Å². The van der Waals surface area contributed by atoms with Gasteiger partial charge in [-0.1, -0.05) is 49.2 Å². The molecule has 0 radical (unpaired) electrons. The quantitative estimate of drug-likeness (QED) is 0.484. The Bertz CT molecular complexity index is 776.